The van der Waals surface area contributed by atoms with E-state index in [-0.39, 0.29) is 12.3 Å². The number of carbonyl (C=O) groups is 1. The van der Waals surface area contributed by atoms with Crippen LogP contribution < -0.4 is 10.1 Å². The Morgan fingerprint density at radius 1 is 1.22 bits per heavy atom. The summed E-state index contributed by atoms with van der Waals surface area (Å²) in [6, 6.07) is 9.25. The standard InChI is InChI=1S/C19H22N4O3S/c1-23(2)10-11-25-16-5-3-15(4-6-16)20-17(24)7-8-18-21-22-19(26-18)14-9-12-27-13-14/h3-6,9,12-13H,7-8,10-11H2,1-2H3,(H,20,24). The van der Waals surface area contributed by atoms with Crippen LogP contribution in [-0.4, -0.2) is 48.3 Å². The summed E-state index contributed by atoms with van der Waals surface area (Å²) in [5.74, 6) is 1.61. The molecular weight excluding hydrogens is 364 g/mol. The van der Waals surface area contributed by atoms with E-state index in [9.17, 15) is 4.79 Å². The third-order valence-corrected chi connectivity index (χ3v) is 4.43. The first kappa shape index (κ1) is 19.1. The quantitative estimate of drug-likeness (QED) is 0.608. The summed E-state index contributed by atoms with van der Waals surface area (Å²) in [4.78, 5) is 14.2. The van der Waals surface area contributed by atoms with E-state index in [1.54, 1.807) is 11.3 Å². The van der Waals surface area contributed by atoms with E-state index in [4.69, 9.17) is 9.15 Å². The largest absolute Gasteiger partial charge is 0.492 e. The Morgan fingerprint density at radius 3 is 2.74 bits per heavy atom. The number of ether oxygens (including phenoxy) is 1. The van der Waals surface area contributed by atoms with Gasteiger partial charge in [0, 0.05) is 36.0 Å². The van der Waals surface area contributed by atoms with Crippen LogP contribution in [0, 0.1) is 0 Å². The molecule has 27 heavy (non-hydrogen) atoms. The van der Waals surface area contributed by atoms with Gasteiger partial charge in [0.1, 0.15) is 12.4 Å². The lowest BCUT2D eigenvalue weighted by molar-refractivity contribution is -0.116. The molecule has 0 saturated heterocycles. The Morgan fingerprint density at radius 2 is 2.04 bits per heavy atom. The van der Waals surface area contributed by atoms with E-state index in [1.807, 2.05) is 55.2 Å². The number of nitrogens with zero attached hydrogens (tertiary/aromatic N) is 3. The molecular formula is C19H22N4O3S. The van der Waals surface area contributed by atoms with Gasteiger partial charge in [-0.1, -0.05) is 0 Å². The third kappa shape index (κ3) is 5.90. The lowest BCUT2D eigenvalue weighted by Crippen LogP contribution is -2.19. The van der Waals surface area contributed by atoms with Gasteiger partial charge in [-0.25, -0.2) is 0 Å². The van der Waals surface area contributed by atoms with Gasteiger partial charge in [0.15, 0.2) is 0 Å². The van der Waals surface area contributed by atoms with Crippen LogP contribution in [0.15, 0.2) is 45.5 Å². The van der Waals surface area contributed by atoms with Crippen LogP contribution >= 0.6 is 11.3 Å². The van der Waals surface area contributed by atoms with Gasteiger partial charge in [-0.3, -0.25) is 4.79 Å². The molecule has 0 atom stereocenters. The predicted octanol–water partition coefficient (Wildman–Crippen LogP) is 3.31. The van der Waals surface area contributed by atoms with E-state index in [0.29, 0.717) is 24.8 Å². The minimum Gasteiger partial charge on any atom is -0.492 e. The molecule has 1 aromatic carbocycles. The van der Waals surface area contributed by atoms with Gasteiger partial charge in [0.05, 0.1) is 0 Å². The summed E-state index contributed by atoms with van der Waals surface area (Å²) in [5.41, 5.74) is 1.63. The number of rotatable bonds is 9. The predicted molar refractivity (Wildman–Crippen MR) is 105 cm³/mol. The van der Waals surface area contributed by atoms with E-state index in [2.05, 4.69) is 20.4 Å². The van der Waals surface area contributed by atoms with E-state index in [1.165, 1.54) is 0 Å². The highest BCUT2D eigenvalue weighted by molar-refractivity contribution is 7.08. The number of likely N-dealkylation sites (N-methyl/N-ethyl adjacent to an activating group) is 1. The zero-order valence-electron chi connectivity index (χ0n) is 15.3. The normalized spacial score (nSPS) is 10.9. The van der Waals surface area contributed by atoms with Crippen molar-refractivity contribution in [1.82, 2.24) is 15.1 Å². The number of anilines is 1. The van der Waals surface area contributed by atoms with Crippen LogP contribution in [0.2, 0.25) is 0 Å². The molecule has 3 rings (SSSR count). The maximum Gasteiger partial charge on any atom is 0.248 e. The van der Waals surface area contributed by atoms with Crippen molar-refractivity contribution in [3.8, 4) is 17.2 Å². The molecule has 3 aromatic rings. The summed E-state index contributed by atoms with van der Waals surface area (Å²) in [5, 5.41) is 14.7. The zero-order chi connectivity index (χ0) is 19.1. The second-order valence-electron chi connectivity index (χ2n) is 6.24. The summed E-state index contributed by atoms with van der Waals surface area (Å²) >= 11 is 1.57. The lowest BCUT2D eigenvalue weighted by Gasteiger charge is -2.11. The molecule has 142 valence electrons. The van der Waals surface area contributed by atoms with Crippen molar-refractivity contribution in [1.29, 1.82) is 0 Å². The number of aromatic nitrogens is 2. The Hall–Kier alpha value is -2.71. The third-order valence-electron chi connectivity index (χ3n) is 3.75. The Bertz CT molecular complexity index is 844. The SMILES string of the molecule is CN(C)CCOc1ccc(NC(=O)CCc2nnc(-c3ccsc3)o2)cc1. The molecule has 0 unspecified atom stereocenters. The summed E-state index contributed by atoms with van der Waals surface area (Å²) in [7, 11) is 4.00. The number of hydrogen-bond donors (Lipinski definition) is 1. The lowest BCUT2D eigenvalue weighted by atomic mass is 10.2. The molecule has 2 heterocycles. The summed E-state index contributed by atoms with van der Waals surface area (Å²) in [6.45, 7) is 1.47. The fourth-order valence-electron chi connectivity index (χ4n) is 2.28. The van der Waals surface area contributed by atoms with Crippen molar-refractivity contribution in [2.45, 2.75) is 12.8 Å². The smallest absolute Gasteiger partial charge is 0.248 e. The van der Waals surface area contributed by atoms with E-state index < -0.39 is 0 Å². The maximum absolute atomic E-state index is 12.1. The molecule has 2 aromatic heterocycles. The van der Waals surface area contributed by atoms with Crippen molar-refractivity contribution in [3.63, 3.8) is 0 Å². The average Bonchev–Trinajstić information content (AvgIpc) is 3.33. The van der Waals surface area contributed by atoms with Crippen molar-refractivity contribution in [2.75, 3.05) is 32.6 Å². The second kappa shape index (κ2) is 9.29. The van der Waals surface area contributed by atoms with Crippen LogP contribution in [0.5, 0.6) is 5.75 Å². The van der Waals surface area contributed by atoms with Gasteiger partial charge in [0.25, 0.3) is 0 Å². The fourth-order valence-corrected chi connectivity index (χ4v) is 2.91. The molecule has 0 aliphatic carbocycles. The number of nitrogens with one attached hydrogen (secondary N) is 1. The molecule has 0 spiro atoms. The van der Waals surface area contributed by atoms with Gasteiger partial charge in [-0.2, -0.15) is 11.3 Å². The van der Waals surface area contributed by atoms with Crippen molar-refractivity contribution >= 4 is 22.9 Å². The van der Waals surface area contributed by atoms with Crippen LogP contribution in [0.4, 0.5) is 5.69 Å². The van der Waals surface area contributed by atoms with Crippen LogP contribution in [0.1, 0.15) is 12.3 Å². The minimum atomic E-state index is -0.105. The van der Waals surface area contributed by atoms with Crippen molar-refractivity contribution < 1.29 is 13.9 Å². The fraction of sp³-hybridized carbons (Fsp3) is 0.316. The second-order valence-corrected chi connectivity index (χ2v) is 7.02. The summed E-state index contributed by atoms with van der Waals surface area (Å²) < 4.78 is 11.2. The Balaban J connectivity index is 1.44. The number of amides is 1. The van der Waals surface area contributed by atoms with Crippen LogP contribution in [0.3, 0.4) is 0 Å². The van der Waals surface area contributed by atoms with Gasteiger partial charge in [-0.15, -0.1) is 10.2 Å². The molecule has 8 heteroatoms. The highest BCUT2D eigenvalue weighted by Gasteiger charge is 2.11. The molecule has 1 amide bonds. The number of thiophene rings is 1. The molecule has 0 aliphatic rings. The molecule has 1 N–H and O–H groups in total. The molecule has 0 bridgehead atoms. The first-order valence-corrected chi connectivity index (χ1v) is 9.57. The minimum absolute atomic E-state index is 0.105. The van der Waals surface area contributed by atoms with E-state index in [0.717, 1.165) is 23.5 Å². The molecule has 0 fully saturated rings. The van der Waals surface area contributed by atoms with Crippen molar-refractivity contribution in [2.24, 2.45) is 0 Å². The monoisotopic (exact) mass is 386 g/mol. The summed E-state index contributed by atoms with van der Waals surface area (Å²) in [6.07, 6.45) is 0.668. The highest BCUT2D eigenvalue weighted by Crippen LogP contribution is 2.21. The van der Waals surface area contributed by atoms with Gasteiger partial charge in [0.2, 0.25) is 17.7 Å². The number of aryl methyl sites for hydroxylation is 1. The first-order valence-electron chi connectivity index (χ1n) is 8.62. The van der Waals surface area contributed by atoms with Gasteiger partial charge in [-0.05, 0) is 49.8 Å². The Labute approximate surface area is 162 Å². The molecule has 7 nitrogen and oxygen atoms in total. The van der Waals surface area contributed by atoms with Crippen molar-refractivity contribution in [3.05, 3.63) is 47.0 Å². The molecule has 0 aliphatic heterocycles. The molecule has 0 saturated carbocycles. The topological polar surface area (TPSA) is 80.5 Å². The number of benzene rings is 1. The highest BCUT2D eigenvalue weighted by atomic mass is 32.1. The van der Waals surface area contributed by atoms with E-state index >= 15 is 0 Å². The zero-order valence-corrected chi connectivity index (χ0v) is 16.2. The average molecular weight is 386 g/mol. The first-order chi connectivity index (χ1) is 13.1. The van der Waals surface area contributed by atoms with Gasteiger partial charge >= 0.3 is 0 Å². The van der Waals surface area contributed by atoms with Crippen LogP contribution in [-0.2, 0) is 11.2 Å². The number of carbonyl (C=O) groups excluding carboxylic acids is 1. The van der Waals surface area contributed by atoms with Gasteiger partial charge < -0.3 is 19.4 Å². The van der Waals surface area contributed by atoms with Crippen LogP contribution in [0.25, 0.3) is 11.5 Å². The Kier molecular flexibility index (Phi) is 6.56. The number of hydrogen-bond acceptors (Lipinski definition) is 7. The maximum atomic E-state index is 12.1. The molecule has 0 radical (unpaired) electrons.